The van der Waals surface area contributed by atoms with Gasteiger partial charge >= 0.3 is 12.4 Å². The van der Waals surface area contributed by atoms with Gasteiger partial charge in [0.05, 0.1) is 28.7 Å². The minimum Gasteiger partial charge on any atom is -0.325 e. The SMILES string of the molecule is O=C(CCN1C(=O)[C@H]2[C@H](C1=O)[C@H]1C=C[C@H]2C1)Nc1c(C(F)(F)F)cccc1C(F)(F)F. The van der Waals surface area contributed by atoms with Crippen molar-refractivity contribution in [2.75, 3.05) is 11.9 Å². The molecular formula is C20H16F6N2O3. The highest BCUT2D eigenvalue weighted by molar-refractivity contribution is 6.06. The maximum absolute atomic E-state index is 13.2. The lowest BCUT2D eigenvalue weighted by atomic mass is 9.85. The summed E-state index contributed by atoms with van der Waals surface area (Å²) in [6, 6.07) is 1.47. The van der Waals surface area contributed by atoms with Crippen molar-refractivity contribution in [3.8, 4) is 0 Å². The molecule has 1 aromatic carbocycles. The summed E-state index contributed by atoms with van der Waals surface area (Å²) in [4.78, 5) is 38.3. The molecule has 1 saturated heterocycles. The molecule has 0 aromatic heterocycles. The van der Waals surface area contributed by atoms with Gasteiger partial charge in [-0.2, -0.15) is 26.3 Å². The first-order valence-corrected chi connectivity index (χ1v) is 9.50. The lowest BCUT2D eigenvalue weighted by molar-refractivity contribution is -0.142. The zero-order valence-corrected chi connectivity index (χ0v) is 15.8. The molecule has 1 aliphatic heterocycles. The van der Waals surface area contributed by atoms with Crippen LogP contribution in [0.2, 0.25) is 0 Å². The summed E-state index contributed by atoms with van der Waals surface area (Å²) >= 11 is 0. The Balaban J connectivity index is 1.49. The molecule has 1 aromatic rings. The average molecular weight is 446 g/mol. The number of hydrogen-bond acceptors (Lipinski definition) is 3. The number of rotatable bonds is 4. The zero-order chi connectivity index (χ0) is 22.7. The van der Waals surface area contributed by atoms with Gasteiger partial charge in [-0.15, -0.1) is 0 Å². The predicted octanol–water partition coefficient (Wildman–Crippen LogP) is 3.86. The van der Waals surface area contributed by atoms with Crippen LogP contribution in [0.3, 0.4) is 0 Å². The second-order valence-corrected chi connectivity index (χ2v) is 7.85. The first kappa shape index (κ1) is 21.4. The molecule has 0 spiro atoms. The van der Waals surface area contributed by atoms with Gasteiger partial charge in [-0.05, 0) is 30.4 Å². The molecule has 2 aliphatic carbocycles. The van der Waals surface area contributed by atoms with E-state index in [1.54, 1.807) is 5.32 Å². The van der Waals surface area contributed by atoms with Crippen LogP contribution in [0.5, 0.6) is 0 Å². The van der Waals surface area contributed by atoms with Gasteiger partial charge in [0.25, 0.3) is 0 Å². The van der Waals surface area contributed by atoms with Crippen molar-refractivity contribution in [3.63, 3.8) is 0 Å². The van der Waals surface area contributed by atoms with Crippen molar-refractivity contribution >= 4 is 23.4 Å². The molecular weight excluding hydrogens is 430 g/mol. The van der Waals surface area contributed by atoms with Crippen LogP contribution >= 0.6 is 0 Å². The number of benzene rings is 1. The Bertz CT molecular complexity index is 922. The molecule has 31 heavy (non-hydrogen) atoms. The van der Waals surface area contributed by atoms with E-state index in [0.29, 0.717) is 24.6 Å². The number of carbonyl (C=O) groups is 3. The van der Waals surface area contributed by atoms with Crippen LogP contribution in [0.25, 0.3) is 0 Å². The topological polar surface area (TPSA) is 66.5 Å². The molecule has 5 nitrogen and oxygen atoms in total. The van der Waals surface area contributed by atoms with Crippen LogP contribution in [0, 0.1) is 23.7 Å². The number of anilines is 1. The second kappa shape index (κ2) is 7.10. The number of amides is 3. The minimum absolute atomic E-state index is 0.0571. The minimum atomic E-state index is -5.13. The van der Waals surface area contributed by atoms with Gasteiger partial charge in [0.15, 0.2) is 0 Å². The van der Waals surface area contributed by atoms with Crippen LogP contribution < -0.4 is 5.32 Å². The molecule has 4 atom stereocenters. The molecule has 1 heterocycles. The van der Waals surface area contributed by atoms with E-state index in [1.165, 1.54) is 0 Å². The third kappa shape index (κ3) is 3.59. The van der Waals surface area contributed by atoms with E-state index >= 15 is 0 Å². The van der Waals surface area contributed by atoms with E-state index in [4.69, 9.17) is 0 Å². The first-order valence-electron chi connectivity index (χ1n) is 9.50. The zero-order valence-electron chi connectivity index (χ0n) is 15.8. The van der Waals surface area contributed by atoms with Crippen molar-refractivity contribution in [3.05, 3.63) is 41.5 Å². The van der Waals surface area contributed by atoms with Crippen LogP contribution in [0.4, 0.5) is 32.0 Å². The van der Waals surface area contributed by atoms with Gasteiger partial charge in [-0.25, -0.2) is 0 Å². The number of hydrogen-bond donors (Lipinski definition) is 1. The summed E-state index contributed by atoms with van der Waals surface area (Å²) in [5.74, 6) is -3.20. The van der Waals surface area contributed by atoms with Gasteiger partial charge in [-0.1, -0.05) is 18.2 Å². The third-order valence-corrected chi connectivity index (χ3v) is 6.06. The molecule has 11 heteroatoms. The smallest absolute Gasteiger partial charge is 0.325 e. The number of alkyl halides is 6. The van der Waals surface area contributed by atoms with Gasteiger partial charge in [0.1, 0.15) is 0 Å². The van der Waals surface area contributed by atoms with E-state index in [2.05, 4.69) is 0 Å². The fourth-order valence-electron chi connectivity index (χ4n) is 4.76. The molecule has 3 aliphatic rings. The average Bonchev–Trinajstić information content (AvgIpc) is 3.33. The van der Waals surface area contributed by atoms with E-state index in [0.717, 1.165) is 4.90 Å². The summed E-state index contributed by atoms with van der Waals surface area (Å²) in [5, 5.41) is 1.69. The van der Waals surface area contributed by atoms with E-state index in [9.17, 15) is 40.7 Å². The van der Waals surface area contributed by atoms with Crippen LogP contribution in [0.15, 0.2) is 30.4 Å². The maximum Gasteiger partial charge on any atom is 0.418 e. The summed E-state index contributed by atoms with van der Waals surface area (Å²) in [6.07, 6.45) is -6.43. The van der Waals surface area contributed by atoms with Gasteiger partial charge in [0.2, 0.25) is 17.7 Å². The van der Waals surface area contributed by atoms with E-state index < -0.39 is 71.7 Å². The van der Waals surface area contributed by atoms with Crippen molar-refractivity contribution in [1.82, 2.24) is 4.90 Å². The largest absolute Gasteiger partial charge is 0.418 e. The van der Waals surface area contributed by atoms with E-state index in [-0.39, 0.29) is 11.8 Å². The summed E-state index contributed by atoms with van der Waals surface area (Å²) < 4.78 is 79.1. The molecule has 4 rings (SSSR count). The molecule has 3 amide bonds. The molecule has 166 valence electrons. The maximum atomic E-state index is 13.2. The molecule has 1 saturated carbocycles. The van der Waals surface area contributed by atoms with Gasteiger partial charge < -0.3 is 5.32 Å². The van der Waals surface area contributed by atoms with Crippen LogP contribution in [-0.4, -0.2) is 29.2 Å². The van der Waals surface area contributed by atoms with E-state index in [1.807, 2.05) is 12.2 Å². The van der Waals surface area contributed by atoms with Crippen molar-refractivity contribution in [1.29, 1.82) is 0 Å². The fraction of sp³-hybridized carbons (Fsp3) is 0.450. The summed E-state index contributed by atoms with van der Waals surface area (Å²) in [6.45, 7) is -0.411. The number of imide groups is 1. The second-order valence-electron chi connectivity index (χ2n) is 7.85. The highest BCUT2D eigenvalue weighted by Crippen LogP contribution is 2.52. The number of para-hydroxylation sites is 1. The number of nitrogens with one attached hydrogen (secondary N) is 1. The summed E-state index contributed by atoms with van der Waals surface area (Å²) in [5.41, 5.74) is -4.67. The van der Waals surface area contributed by atoms with Crippen LogP contribution in [-0.2, 0) is 26.7 Å². The molecule has 1 N–H and O–H groups in total. The Labute approximate surface area is 172 Å². The normalized spacial score (nSPS) is 27.2. The monoisotopic (exact) mass is 446 g/mol. The highest BCUT2D eigenvalue weighted by Gasteiger charge is 2.59. The predicted molar refractivity (Wildman–Crippen MR) is 94.1 cm³/mol. The van der Waals surface area contributed by atoms with Gasteiger partial charge in [-0.3, -0.25) is 19.3 Å². The van der Waals surface area contributed by atoms with Gasteiger partial charge in [0, 0.05) is 13.0 Å². The van der Waals surface area contributed by atoms with Crippen molar-refractivity contribution in [2.45, 2.75) is 25.2 Å². The number of fused-ring (bicyclic) bond motifs is 5. The third-order valence-electron chi connectivity index (χ3n) is 6.06. The first-order chi connectivity index (χ1) is 14.4. The number of halogens is 6. The fourth-order valence-corrected chi connectivity index (χ4v) is 4.76. The standard InChI is InChI=1S/C20H16F6N2O3/c21-19(22,23)11-2-1-3-12(20(24,25)26)16(11)27-13(29)6-7-28-17(30)14-9-4-5-10(8-9)15(14)18(28)31/h1-5,9-10,14-15H,6-8H2,(H,27,29)/t9-,10-,14+,15+/m0/s1. The molecule has 0 unspecified atom stereocenters. The molecule has 0 radical (unpaired) electrons. The van der Waals surface area contributed by atoms with Crippen molar-refractivity contribution < 1.29 is 40.7 Å². The Morgan fingerprint density at radius 2 is 1.42 bits per heavy atom. The number of carbonyl (C=O) groups excluding carboxylic acids is 3. The number of likely N-dealkylation sites (tertiary alicyclic amines) is 1. The Kier molecular flexibility index (Phi) is 4.90. The lowest BCUT2D eigenvalue weighted by Gasteiger charge is -2.20. The Morgan fingerprint density at radius 1 is 0.935 bits per heavy atom. The van der Waals surface area contributed by atoms with Crippen LogP contribution in [0.1, 0.15) is 24.0 Å². The molecule has 2 bridgehead atoms. The van der Waals surface area contributed by atoms with Crippen molar-refractivity contribution in [2.24, 2.45) is 23.7 Å². The lowest BCUT2D eigenvalue weighted by Crippen LogP contribution is -2.35. The highest BCUT2D eigenvalue weighted by atomic mass is 19.4. The quantitative estimate of drug-likeness (QED) is 0.434. The summed E-state index contributed by atoms with van der Waals surface area (Å²) in [7, 11) is 0. The Morgan fingerprint density at radius 3 is 1.87 bits per heavy atom. The number of allylic oxidation sites excluding steroid dienone is 2. The number of nitrogens with zero attached hydrogens (tertiary/aromatic N) is 1. The molecule has 2 fully saturated rings. The Hall–Kier alpha value is -2.85.